The first-order valence-electron chi connectivity index (χ1n) is 9.20. The molecule has 5 rings (SSSR count). The first-order valence-corrected chi connectivity index (χ1v) is 9.20. The molecule has 3 heterocycles. The van der Waals surface area contributed by atoms with Gasteiger partial charge in [0.2, 0.25) is 0 Å². The summed E-state index contributed by atoms with van der Waals surface area (Å²) in [5, 5.41) is 0. The van der Waals surface area contributed by atoms with Gasteiger partial charge in [0, 0.05) is 23.4 Å². The van der Waals surface area contributed by atoms with Gasteiger partial charge < -0.3 is 14.0 Å². The Balaban J connectivity index is 1.78. The monoisotopic (exact) mass is 362 g/mol. The third-order valence-electron chi connectivity index (χ3n) is 5.10. The van der Waals surface area contributed by atoms with Crippen molar-refractivity contribution in [2.75, 3.05) is 13.2 Å². The van der Waals surface area contributed by atoms with E-state index in [0.717, 1.165) is 34.9 Å². The van der Waals surface area contributed by atoms with Crippen molar-refractivity contribution in [3.05, 3.63) is 77.4 Å². The van der Waals surface area contributed by atoms with Crippen LogP contribution in [0.15, 0.2) is 59.7 Å². The molecule has 5 heteroatoms. The number of benzene rings is 2. The van der Waals surface area contributed by atoms with Crippen LogP contribution in [0.4, 0.5) is 4.39 Å². The molecule has 0 saturated heterocycles. The highest BCUT2D eigenvalue weighted by Gasteiger charge is 2.27. The third kappa shape index (κ3) is 2.53. The van der Waals surface area contributed by atoms with E-state index in [1.165, 1.54) is 6.07 Å². The lowest BCUT2D eigenvalue weighted by Gasteiger charge is -2.22. The predicted octanol–water partition coefficient (Wildman–Crippen LogP) is 4.69. The zero-order valence-electron chi connectivity index (χ0n) is 15.0. The lowest BCUT2D eigenvalue weighted by atomic mass is 10.0. The normalized spacial score (nSPS) is 17.6. The maximum absolute atomic E-state index is 14.6. The second kappa shape index (κ2) is 6.27. The fourth-order valence-electron chi connectivity index (χ4n) is 3.82. The van der Waals surface area contributed by atoms with Gasteiger partial charge in [0.25, 0.3) is 0 Å². The van der Waals surface area contributed by atoms with Crippen LogP contribution in [-0.4, -0.2) is 23.5 Å². The zero-order chi connectivity index (χ0) is 18.4. The quantitative estimate of drug-likeness (QED) is 0.663. The lowest BCUT2D eigenvalue weighted by molar-refractivity contribution is 0.171. The fraction of sp³-hybridized carbons (Fsp3) is 0.227. The van der Waals surface area contributed by atoms with Crippen molar-refractivity contribution >= 4 is 5.71 Å². The lowest BCUT2D eigenvalue weighted by Crippen LogP contribution is -2.16. The number of aliphatic imine (C=N–C) groups is 1. The molecular weight excluding hydrogens is 343 g/mol. The summed E-state index contributed by atoms with van der Waals surface area (Å²) < 4.78 is 28.2. The Morgan fingerprint density at radius 3 is 2.63 bits per heavy atom. The minimum absolute atomic E-state index is 0.0923. The Kier molecular flexibility index (Phi) is 3.74. The van der Waals surface area contributed by atoms with Crippen LogP contribution in [0.5, 0.6) is 11.5 Å². The van der Waals surface area contributed by atoms with Gasteiger partial charge in [-0.15, -0.1) is 0 Å². The summed E-state index contributed by atoms with van der Waals surface area (Å²) in [6, 6.07) is 14.7. The summed E-state index contributed by atoms with van der Waals surface area (Å²) in [6.07, 6.45) is 2.79. The molecule has 2 aliphatic heterocycles. The number of fused-ring (bicyclic) bond motifs is 4. The van der Waals surface area contributed by atoms with Crippen molar-refractivity contribution in [3.8, 4) is 17.2 Å². The van der Waals surface area contributed by atoms with E-state index < -0.39 is 0 Å². The van der Waals surface area contributed by atoms with Gasteiger partial charge in [-0.2, -0.15) is 0 Å². The standard InChI is InChI=1S/C22H19FN2O2/c1-2-17-15-12-20-21(27-11-10-26-20)13-19(15)25-9-5-8-18(25)22(24-17)14-6-3-4-7-16(14)23/h3-9,12-13,17H,2,10-11H2,1H3. The van der Waals surface area contributed by atoms with Crippen LogP contribution in [0, 0.1) is 5.82 Å². The zero-order valence-corrected chi connectivity index (χ0v) is 15.0. The Bertz CT molecular complexity index is 1050. The largest absolute Gasteiger partial charge is 0.486 e. The summed E-state index contributed by atoms with van der Waals surface area (Å²) in [5.41, 5.74) is 4.11. The maximum atomic E-state index is 14.6. The molecule has 0 N–H and O–H groups in total. The van der Waals surface area contributed by atoms with Gasteiger partial charge in [0.15, 0.2) is 11.5 Å². The van der Waals surface area contributed by atoms with E-state index in [1.807, 2.05) is 36.5 Å². The molecule has 1 atom stereocenters. The molecule has 1 aromatic heterocycles. The molecule has 136 valence electrons. The van der Waals surface area contributed by atoms with Gasteiger partial charge >= 0.3 is 0 Å². The number of hydrogen-bond acceptors (Lipinski definition) is 3. The molecule has 0 spiro atoms. The van der Waals surface area contributed by atoms with Crippen LogP contribution < -0.4 is 9.47 Å². The molecule has 1 unspecified atom stereocenters. The smallest absolute Gasteiger partial charge is 0.163 e. The first-order chi connectivity index (χ1) is 13.3. The molecule has 2 aromatic carbocycles. The molecule has 4 nitrogen and oxygen atoms in total. The number of rotatable bonds is 2. The van der Waals surface area contributed by atoms with E-state index >= 15 is 0 Å². The highest BCUT2D eigenvalue weighted by Crippen LogP contribution is 2.41. The summed E-state index contributed by atoms with van der Waals surface area (Å²) in [7, 11) is 0. The molecule has 0 amide bonds. The number of nitrogens with zero attached hydrogens (tertiary/aromatic N) is 2. The molecule has 0 bridgehead atoms. The molecule has 0 aliphatic carbocycles. The molecule has 27 heavy (non-hydrogen) atoms. The average Bonchev–Trinajstić information content (AvgIpc) is 3.14. The Morgan fingerprint density at radius 2 is 1.85 bits per heavy atom. The van der Waals surface area contributed by atoms with Gasteiger partial charge in [-0.05, 0) is 36.8 Å². The van der Waals surface area contributed by atoms with Crippen LogP contribution in [0.25, 0.3) is 5.69 Å². The average molecular weight is 362 g/mol. The van der Waals surface area contributed by atoms with Crippen LogP contribution >= 0.6 is 0 Å². The summed E-state index contributed by atoms with van der Waals surface area (Å²) >= 11 is 0. The van der Waals surface area contributed by atoms with Crippen molar-refractivity contribution in [2.45, 2.75) is 19.4 Å². The summed E-state index contributed by atoms with van der Waals surface area (Å²) in [4.78, 5) is 4.99. The Hall–Kier alpha value is -3.08. The molecular formula is C22H19FN2O2. The van der Waals surface area contributed by atoms with E-state index in [0.29, 0.717) is 24.5 Å². The van der Waals surface area contributed by atoms with E-state index in [9.17, 15) is 4.39 Å². The number of hydrogen-bond donors (Lipinski definition) is 0. The molecule has 0 fully saturated rings. The number of ether oxygens (including phenoxy) is 2. The van der Waals surface area contributed by atoms with Gasteiger partial charge in [0.05, 0.1) is 23.1 Å². The highest BCUT2D eigenvalue weighted by atomic mass is 19.1. The highest BCUT2D eigenvalue weighted by molar-refractivity contribution is 6.13. The van der Waals surface area contributed by atoms with Crippen molar-refractivity contribution in [1.82, 2.24) is 4.57 Å². The number of halogens is 1. The third-order valence-corrected chi connectivity index (χ3v) is 5.10. The Labute approximate surface area is 156 Å². The fourth-order valence-corrected chi connectivity index (χ4v) is 3.82. The predicted molar refractivity (Wildman–Crippen MR) is 102 cm³/mol. The van der Waals surface area contributed by atoms with E-state index in [2.05, 4.69) is 11.5 Å². The van der Waals surface area contributed by atoms with Gasteiger partial charge in [-0.25, -0.2) is 4.39 Å². The molecule has 0 radical (unpaired) electrons. The van der Waals surface area contributed by atoms with Crippen LogP contribution in [0.2, 0.25) is 0 Å². The maximum Gasteiger partial charge on any atom is 0.163 e. The van der Waals surface area contributed by atoms with E-state index in [1.54, 1.807) is 12.1 Å². The Morgan fingerprint density at radius 1 is 1.07 bits per heavy atom. The van der Waals surface area contributed by atoms with Crippen LogP contribution in [-0.2, 0) is 0 Å². The minimum Gasteiger partial charge on any atom is -0.486 e. The van der Waals surface area contributed by atoms with Crippen LogP contribution in [0.3, 0.4) is 0 Å². The summed E-state index contributed by atoms with van der Waals surface area (Å²) in [5.74, 6) is 1.22. The van der Waals surface area contributed by atoms with Gasteiger partial charge in [-0.1, -0.05) is 19.1 Å². The minimum atomic E-state index is -0.268. The molecule has 0 saturated carbocycles. The van der Waals surface area contributed by atoms with Gasteiger partial charge in [-0.3, -0.25) is 4.99 Å². The topological polar surface area (TPSA) is 35.8 Å². The molecule has 3 aromatic rings. The SMILES string of the molecule is CCC1N=C(c2ccccc2F)c2cccn2-c2cc3c(cc21)OCCO3. The van der Waals surface area contributed by atoms with E-state index in [-0.39, 0.29) is 11.9 Å². The van der Waals surface area contributed by atoms with Crippen molar-refractivity contribution in [1.29, 1.82) is 0 Å². The van der Waals surface area contributed by atoms with Crippen molar-refractivity contribution < 1.29 is 13.9 Å². The second-order valence-electron chi connectivity index (χ2n) is 6.70. The van der Waals surface area contributed by atoms with Crippen molar-refractivity contribution in [2.24, 2.45) is 4.99 Å². The van der Waals surface area contributed by atoms with Crippen LogP contribution in [0.1, 0.15) is 36.2 Å². The second-order valence-corrected chi connectivity index (χ2v) is 6.70. The van der Waals surface area contributed by atoms with E-state index in [4.69, 9.17) is 14.5 Å². The first kappa shape index (κ1) is 16.1. The van der Waals surface area contributed by atoms with Gasteiger partial charge in [0.1, 0.15) is 19.0 Å². The number of aromatic nitrogens is 1. The van der Waals surface area contributed by atoms with Crippen molar-refractivity contribution in [3.63, 3.8) is 0 Å². The molecule has 2 aliphatic rings. The summed E-state index contributed by atoms with van der Waals surface area (Å²) in [6.45, 7) is 3.17.